The molecule has 2 N–H and O–H groups in total. The highest BCUT2D eigenvalue weighted by Crippen LogP contribution is 2.26. The highest BCUT2D eigenvalue weighted by Gasteiger charge is 2.08. The minimum Gasteiger partial charge on any atom is -0.490 e. The van der Waals surface area contributed by atoms with Crippen LogP contribution in [0.15, 0.2) is 30.3 Å². The molecule has 2 aromatic rings. The van der Waals surface area contributed by atoms with Crippen LogP contribution in [0.25, 0.3) is 10.9 Å². The van der Waals surface area contributed by atoms with Gasteiger partial charge in [-0.25, -0.2) is 0 Å². The number of nitrogens with zero attached hydrogens (tertiary/aromatic N) is 1. The molecule has 0 fully saturated rings. The first kappa shape index (κ1) is 11.9. The van der Waals surface area contributed by atoms with Gasteiger partial charge in [-0.15, -0.1) is 0 Å². The third-order valence-corrected chi connectivity index (χ3v) is 2.84. The molecule has 1 unspecified atom stereocenters. The largest absolute Gasteiger partial charge is 0.490 e. The van der Waals surface area contributed by atoms with Crippen LogP contribution < -0.4 is 10.5 Å². The molecule has 3 heteroatoms. The van der Waals surface area contributed by atoms with E-state index in [4.69, 9.17) is 10.5 Å². The van der Waals surface area contributed by atoms with Gasteiger partial charge >= 0.3 is 0 Å². The Bertz CT molecular complexity index is 511. The number of benzene rings is 1. The lowest BCUT2D eigenvalue weighted by molar-refractivity contribution is 0.220. The Morgan fingerprint density at radius 2 is 2.12 bits per heavy atom. The summed E-state index contributed by atoms with van der Waals surface area (Å²) in [4.78, 5) is 4.48. The van der Waals surface area contributed by atoms with Gasteiger partial charge in [0.25, 0.3) is 0 Å². The summed E-state index contributed by atoms with van der Waals surface area (Å²) in [5.41, 5.74) is 7.46. The Kier molecular flexibility index (Phi) is 3.59. The van der Waals surface area contributed by atoms with Crippen LogP contribution in [-0.2, 0) is 6.54 Å². The molecule has 1 atom stereocenters. The third-order valence-electron chi connectivity index (χ3n) is 2.84. The number of para-hydroxylation sites is 1. The van der Waals surface area contributed by atoms with Crippen molar-refractivity contribution in [2.75, 3.05) is 0 Å². The van der Waals surface area contributed by atoms with Gasteiger partial charge in [-0.3, -0.25) is 4.98 Å². The van der Waals surface area contributed by atoms with Crippen LogP contribution >= 0.6 is 0 Å². The van der Waals surface area contributed by atoms with Crippen LogP contribution in [0.4, 0.5) is 0 Å². The second-order valence-electron chi connectivity index (χ2n) is 4.17. The molecule has 1 heterocycles. The van der Waals surface area contributed by atoms with Gasteiger partial charge in [-0.1, -0.05) is 19.1 Å². The van der Waals surface area contributed by atoms with Crippen LogP contribution in [0.3, 0.4) is 0 Å². The average Bonchev–Trinajstić information content (AvgIpc) is 2.38. The van der Waals surface area contributed by atoms with Crippen LogP contribution in [-0.4, -0.2) is 11.1 Å². The minimum atomic E-state index is 0.200. The normalized spacial score (nSPS) is 12.6. The number of hydrogen-bond acceptors (Lipinski definition) is 3. The lowest BCUT2D eigenvalue weighted by Gasteiger charge is -2.15. The van der Waals surface area contributed by atoms with Crippen molar-refractivity contribution in [3.05, 3.63) is 36.0 Å². The van der Waals surface area contributed by atoms with Gasteiger partial charge in [0.05, 0.1) is 17.3 Å². The first-order valence-corrected chi connectivity index (χ1v) is 6.00. The number of hydrogen-bond donors (Lipinski definition) is 1. The maximum absolute atomic E-state index is 5.92. The van der Waals surface area contributed by atoms with Crippen molar-refractivity contribution in [3.8, 4) is 5.75 Å². The van der Waals surface area contributed by atoms with Crippen molar-refractivity contribution in [3.63, 3.8) is 0 Å². The fraction of sp³-hybridized carbons (Fsp3) is 0.357. The molecule has 17 heavy (non-hydrogen) atoms. The zero-order valence-electron chi connectivity index (χ0n) is 10.3. The van der Waals surface area contributed by atoms with Gasteiger partial charge in [0.15, 0.2) is 0 Å². The summed E-state index contributed by atoms with van der Waals surface area (Å²) in [6.07, 6.45) is 1.18. The molecule has 0 spiro atoms. The smallest absolute Gasteiger partial charge is 0.130 e. The molecule has 1 aromatic carbocycles. The van der Waals surface area contributed by atoms with E-state index in [2.05, 4.69) is 18.8 Å². The van der Waals surface area contributed by atoms with E-state index in [1.54, 1.807) is 0 Å². The van der Waals surface area contributed by atoms with E-state index in [1.807, 2.05) is 30.3 Å². The monoisotopic (exact) mass is 230 g/mol. The van der Waals surface area contributed by atoms with Gasteiger partial charge in [-0.05, 0) is 25.5 Å². The number of nitrogens with two attached hydrogens (primary N) is 1. The second-order valence-corrected chi connectivity index (χ2v) is 4.17. The van der Waals surface area contributed by atoms with Crippen molar-refractivity contribution in [2.24, 2.45) is 5.73 Å². The standard InChI is InChI=1S/C14H18N2O/c1-3-10(2)17-14-8-11(9-15)16-13-7-5-4-6-12(13)14/h4-8,10H,3,9,15H2,1-2H3. The topological polar surface area (TPSA) is 48.1 Å². The number of fused-ring (bicyclic) bond motifs is 1. The summed E-state index contributed by atoms with van der Waals surface area (Å²) in [5.74, 6) is 0.880. The predicted octanol–water partition coefficient (Wildman–Crippen LogP) is 2.87. The summed E-state index contributed by atoms with van der Waals surface area (Å²) in [5, 5.41) is 1.05. The average molecular weight is 230 g/mol. The summed E-state index contributed by atoms with van der Waals surface area (Å²) in [7, 11) is 0. The Morgan fingerprint density at radius 3 is 2.82 bits per heavy atom. The first-order chi connectivity index (χ1) is 8.24. The van der Waals surface area contributed by atoms with E-state index in [9.17, 15) is 0 Å². The number of pyridine rings is 1. The van der Waals surface area contributed by atoms with Crippen molar-refractivity contribution in [1.29, 1.82) is 0 Å². The molecule has 3 nitrogen and oxygen atoms in total. The molecule has 0 amide bonds. The maximum Gasteiger partial charge on any atom is 0.130 e. The molecule has 0 saturated heterocycles. The van der Waals surface area contributed by atoms with E-state index >= 15 is 0 Å². The SMILES string of the molecule is CCC(C)Oc1cc(CN)nc2ccccc12. The molecule has 0 aliphatic heterocycles. The number of ether oxygens (including phenoxy) is 1. The molecule has 2 rings (SSSR count). The molecule has 0 aliphatic carbocycles. The molecule has 0 radical (unpaired) electrons. The highest BCUT2D eigenvalue weighted by atomic mass is 16.5. The van der Waals surface area contributed by atoms with Crippen molar-refractivity contribution in [2.45, 2.75) is 32.9 Å². The molecule has 0 bridgehead atoms. The fourth-order valence-corrected chi connectivity index (χ4v) is 1.70. The number of rotatable bonds is 4. The lowest BCUT2D eigenvalue weighted by Crippen LogP contribution is -2.11. The van der Waals surface area contributed by atoms with Gasteiger partial charge in [0.1, 0.15) is 5.75 Å². The second kappa shape index (κ2) is 5.15. The van der Waals surface area contributed by atoms with Crippen LogP contribution in [0.2, 0.25) is 0 Å². The van der Waals surface area contributed by atoms with E-state index in [-0.39, 0.29) is 6.10 Å². The van der Waals surface area contributed by atoms with E-state index in [1.165, 1.54) is 0 Å². The summed E-state index contributed by atoms with van der Waals surface area (Å²) >= 11 is 0. The zero-order chi connectivity index (χ0) is 12.3. The van der Waals surface area contributed by atoms with Gasteiger partial charge < -0.3 is 10.5 Å². The van der Waals surface area contributed by atoms with E-state index in [0.717, 1.165) is 28.8 Å². The Labute approximate surface area is 102 Å². The maximum atomic E-state index is 5.92. The molecular weight excluding hydrogens is 212 g/mol. The van der Waals surface area contributed by atoms with Gasteiger partial charge in [0.2, 0.25) is 0 Å². The van der Waals surface area contributed by atoms with E-state index < -0.39 is 0 Å². The fourth-order valence-electron chi connectivity index (χ4n) is 1.70. The Morgan fingerprint density at radius 1 is 1.35 bits per heavy atom. The quantitative estimate of drug-likeness (QED) is 0.878. The van der Waals surface area contributed by atoms with Crippen molar-refractivity contribution >= 4 is 10.9 Å². The van der Waals surface area contributed by atoms with Gasteiger partial charge in [-0.2, -0.15) is 0 Å². The lowest BCUT2D eigenvalue weighted by atomic mass is 10.1. The molecular formula is C14H18N2O. The van der Waals surface area contributed by atoms with Crippen molar-refractivity contribution in [1.82, 2.24) is 4.98 Å². The zero-order valence-corrected chi connectivity index (χ0v) is 10.3. The minimum absolute atomic E-state index is 0.200. The van der Waals surface area contributed by atoms with Crippen molar-refractivity contribution < 1.29 is 4.74 Å². The summed E-state index contributed by atoms with van der Waals surface area (Å²) in [6.45, 7) is 4.61. The molecule has 0 aliphatic rings. The van der Waals surface area contributed by atoms with E-state index in [0.29, 0.717) is 6.54 Å². The van der Waals surface area contributed by atoms with Gasteiger partial charge in [0, 0.05) is 18.0 Å². The van der Waals surface area contributed by atoms with Crippen LogP contribution in [0, 0.1) is 0 Å². The third kappa shape index (κ3) is 2.56. The summed E-state index contributed by atoms with van der Waals surface area (Å²) < 4.78 is 5.92. The first-order valence-electron chi connectivity index (χ1n) is 6.00. The Hall–Kier alpha value is -1.61. The number of aromatic nitrogens is 1. The predicted molar refractivity (Wildman–Crippen MR) is 70.0 cm³/mol. The molecule has 1 aromatic heterocycles. The van der Waals surface area contributed by atoms with Crippen LogP contribution in [0.1, 0.15) is 26.0 Å². The molecule has 90 valence electrons. The molecule has 0 saturated carbocycles. The van der Waals surface area contributed by atoms with Crippen LogP contribution in [0.5, 0.6) is 5.75 Å². The highest BCUT2D eigenvalue weighted by molar-refractivity contribution is 5.85. The Balaban J connectivity index is 2.50. The summed E-state index contributed by atoms with van der Waals surface area (Å²) in [6, 6.07) is 9.92.